The van der Waals surface area contributed by atoms with E-state index in [9.17, 15) is 4.79 Å². The fourth-order valence-electron chi connectivity index (χ4n) is 3.64. The van der Waals surface area contributed by atoms with Crippen LogP contribution in [0.2, 0.25) is 0 Å². The van der Waals surface area contributed by atoms with Crippen LogP contribution in [0.1, 0.15) is 11.1 Å². The molecule has 0 aliphatic heterocycles. The van der Waals surface area contributed by atoms with Gasteiger partial charge in [0.15, 0.2) is 11.5 Å². The molecule has 1 amide bonds. The first-order chi connectivity index (χ1) is 14.9. The van der Waals surface area contributed by atoms with Crippen molar-refractivity contribution in [2.45, 2.75) is 13.1 Å². The van der Waals surface area contributed by atoms with E-state index in [1.54, 1.807) is 26.2 Å². The Morgan fingerprint density at radius 2 is 1.58 bits per heavy atom. The predicted molar refractivity (Wildman–Crippen MR) is 123 cm³/mol. The number of fused-ring (bicyclic) bond motifs is 1. The summed E-state index contributed by atoms with van der Waals surface area (Å²) in [6.07, 6.45) is 0. The Balaban J connectivity index is 1.62. The highest BCUT2D eigenvalue weighted by atomic mass is 16.5. The number of hydrogen-bond donors (Lipinski definition) is 0. The molecule has 0 N–H and O–H groups in total. The summed E-state index contributed by atoms with van der Waals surface area (Å²) < 4.78 is 16.1. The van der Waals surface area contributed by atoms with Crippen molar-refractivity contribution >= 4 is 16.7 Å². The number of benzene rings is 3. The third-order valence-electron chi connectivity index (χ3n) is 5.29. The molecule has 0 fully saturated rings. The van der Waals surface area contributed by atoms with Crippen molar-refractivity contribution in [3.63, 3.8) is 0 Å². The summed E-state index contributed by atoms with van der Waals surface area (Å²) in [6.45, 7) is 1.44. The van der Waals surface area contributed by atoms with E-state index in [0.717, 1.165) is 27.6 Å². The molecule has 0 radical (unpaired) electrons. The van der Waals surface area contributed by atoms with Crippen LogP contribution in [0.5, 0.6) is 17.2 Å². The van der Waals surface area contributed by atoms with E-state index in [1.807, 2.05) is 55.4 Å². The lowest BCUT2D eigenvalue weighted by Crippen LogP contribution is -2.36. The highest BCUT2D eigenvalue weighted by Crippen LogP contribution is 2.31. The van der Waals surface area contributed by atoms with Crippen molar-refractivity contribution in [2.24, 2.45) is 0 Å². The van der Waals surface area contributed by atoms with Crippen molar-refractivity contribution in [3.05, 3.63) is 65.7 Å². The molecule has 3 aromatic carbocycles. The molecule has 31 heavy (non-hydrogen) atoms. The van der Waals surface area contributed by atoms with E-state index in [-0.39, 0.29) is 5.91 Å². The van der Waals surface area contributed by atoms with E-state index in [0.29, 0.717) is 31.1 Å². The molecule has 0 heterocycles. The Morgan fingerprint density at radius 1 is 0.839 bits per heavy atom. The van der Waals surface area contributed by atoms with Crippen molar-refractivity contribution < 1.29 is 19.0 Å². The number of para-hydroxylation sites is 1. The molecule has 6 heteroatoms. The molecule has 0 saturated carbocycles. The number of methoxy groups -OCH3 is 3. The summed E-state index contributed by atoms with van der Waals surface area (Å²) in [5.41, 5.74) is 2.07. The third kappa shape index (κ3) is 5.47. The van der Waals surface area contributed by atoms with Gasteiger partial charge in [-0.3, -0.25) is 9.69 Å². The number of carbonyl (C=O) groups is 1. The van der Waals surface area contributed by atoms with Gasteiger partial charge in [0.05, 0.1) is 27.9 Å². The molecule has 0 aliphatic rings. The van der Waals surface area contributed by atoms with Gasteiger partial charge < -0.3 is 19.1 Å². The zero-order chi connectivity index (χ0) is 22.4. The summed E-state index contributed by atoms with van der Waals surface area (Å²) >= 11 is 0. The van der Waals surface area contributed by atoms with Crippen LogP contribution in [0, 0.1) is 0 Å². The van der Waals surface area contributed by atoms with Crippen LogP contribution in [0.15, 0.2) is 54.6 Å². The van der Waals surface area contributed by atoms with Crippen molar-refractivity contribution in [2.75, 3.05) is 42.0 Å². The van der Waals surface area contributed by atoms with Gasteiger partial charge in [-0.2, -0.15) is 0 Å². The van der Waals surface area contributed by atoms with Gasteiger partial charge >= 0.3 is 0 Å². The van der Waals surface area contributed by atoms with Gasteiger partial charge in [0.1, 0.15) is 5.75 Å². The number of likely N-dealkylation sites (N-methyl/N-ethyl adjacent to an activating group) is 2. The van der Waals surface area contributed by atoms with E-state index in [4.69, 9.17) is 14.2 Å². The second-order valence-corrected chi connectivity index (χ2v) is 7.62. The maximum atomic E-state index is 12.8. The molecule has 0 atom stereocenters. The van der Waals surface area contributed by atoms with E-state index in [1.165, 1.54) is 0 Å². The van der Waals surface area contributed by atoms with Gasteiger partial charge in [-0.15, -0.1) is 0 Å². The van der Waals surface area contributed by atoms with Gasteiger partial charge in [0.2, 0.25) is 5.91 Å². The highest BCUT2D eigenvalue weighted by molar-refractivity contribution is 5.84. The highest BCUT2D eigenvalue weighted by Gasteiger charge is 2.16. The molecule has 0 bridgehead atoms. The Labute approximate surface area is 183 Å². The molecular weight excluding hydrogens is 392 g/mol. The third-order valence-corrected chi connectivity index (χ3v) is 5.29. The molecule has 3 aromatic rings. The first kappa shape index (κ1) is 22.4. The lowest BCUT2D eigenvalue weighted by molar-refractivity contribution is -0.131. The zero-order valence-electron chi connectivity index (χ0n) is 18.8. The van der Waals surface area contributed by atoms with E-state index >= 15 is 0 Å². The van der Waals surface area contributed by atoms with Gasteiger partial charge in [0.25, 0.3) is 0 Å². The Morgan fingerprint density at radius 3 is 2.29 bits per heavy atom. The second-order valence-electron chi connectivity index (χ2n) is 7.62. The number of hydrogen-bond acceptors (Lipinski definition) is 5. The largest absolute Gasteiger partial charge is 0.497 e. The monoisotopic (exact) mass is 422 g/mol. The normalized spacial score (nSPS) is 10.9. The van der Waals surface area contributed by atoms with Crippen molar-refractivity contribution in [3.8, 4) is 17.2 Å². The molecule has 6 nitrogen and oxygen atoms in total. The maximum Gasteiger partial charge on any atom is 0.236 e. The number of rotatable bonds is 9. The fraction of sp³-hybridized carbons (Fsp3) is 0.320. The van der Waals surface area contributed by atoms with Crippen LogP contribution in [0.25, 0.3) is 10.8 Å². The SMILES string of the molecule is COc1ccc2cc(CN(C)C(=O)CN(C)Cc3cccc(OC)c3OC)ccc2c1. The van der Waals surface area contributed by atoms with E-state index < -0.39 is 0 Å². The molecular formula is C25H30N2O4. The number of ether oxygens (including phenoxy) is 3. The fourth-order valence-corrected chi connectivity index (χ4v) is 3.64. The second kappa shape index (κ2) is 10.2. The van der Waals surface area contributed by atoms with Crippen LogP contribution in [0.4, 0.5) is 0 Å². The summed E-state index contributed by atoms with van der Waals surface area (Å²) in [4.78, 5) is 16.5. The average Bonchev–Trinajstić information content (AvgIpc) is 2.78. The topological polar surface area (TPSA) is 51.2 Å². The van der Waals surface area contributed by atoms with Gasteiger partial charge in [-0.05, 0) is 47.6 Å². The standard InChI is InChI=1S/C25H30N2O4/c1-26(16-21-7-6-8-23(30-4)25(21)31-5)17-24(28)27(2)15-18-9-10-20-14-22(29-3)12-11-19(20)13-18/h6-14H,15-17H2,1-5H3. The minimum absolute atomic E-state index is 0.0548. The van der Waals surface area contributed by atoms with Crippen LogP contribution in [0.3, 0.4) is 0 Å². The lowest BCUT2D eigenvalue weighted by Gasteiger charge is -2.23. The van der Waals surface area contributed by atoms with Crippen molar-refractivity contribution in [1.29, 1.82) is 0 Å². The molecule has 0 saturated heterocycles. The van der Waals surface area contributed by atoms with Crippen LogP contribution in [-0.2, 0) is 17.9 Å². The van der Waals surface area contributed by atoms with Gasteiger partial charge in [0, 0.05) is 25.7 Å². The zero-order valence-corrected chi connectivity index (χ0v) is 18.8. The summed E-state index contributed by atoms with van der Waals surface area (Å²) in [5, 5.41) is 2.24. The number of carbonyl (C=O) groups excluding carboxylic acids is 1. The Bertz CT molecular complexity index is 1050. The minimum Gasteiger partial charge on any atom is -0.497 e. The Kier molecular flexibility index (Phi) is 7.36. The predicted octanol–water partition coefficient (Wildman–Crippen LogP) is 3.96. The molecule has 0 aromatic heterocycles. The van der Waals surface area contributed by atoms with Crippen LogP contribution < -0.4 is 14.2 Å². The molecule has 164 valence electrons. The number of nitrogens with zero attached hydrogens (tertiary/aromatic N) is 2. The first-order valence-corrected chi connectivity index (χ1v) is 10.1. The summed E-state index contributed by atoms with van der Waals surface area (Å²) in [6, 6.07) is 18.0. The first-order valence-electron chi connectivity index (χ1n) is 10.1. The molecule has 0 unspecified atom stereocenters. The van der Waals surface area contributed by atoms with Crippen molar-refractivity contribution in [1.82, 2.24) is 9.80 Å². The Hall–Kier alpha value is -3.25. The lowest BCUT2D eigenvalue weighted by atomic mass is 10.1. The maximum absolute atomic E-state index is 12.8. The summed E-state index contributed by atoms with van der Waals surface area (Å²) in [7, 11) is 8.67. The average molecular weight is 423 g/mol. The minimum atomic E-state index is 0.0548. The quantitative estimate of drug-likeness (QED) is 0.523. The summed E-state index contributed by atoms with van der Waals surface area (Å²) in [5.74, 6) is 2.28. The smallest absolute Gasteiger partial charge is 0.236 e. The van der Waals surface area contributed by atoms with Crippen LogP contribution in [-0.4, -0.2) is 57.7 Å². The molecule has 0 spiro atoms. The molecule has 3 rings (SSSR count). The van der Waals surface area contributed by atoms with Crippen LogP contribution >= 0.6 is 0 Å². The van der Waals surface area contributed by atoms with Gasteiger partial charge in [-0.1, -0.05) is 30.3 Å². The molecule has 0 aliphatic carbocycles. The number of amides is 1. The van der Waals surface area contributed by atoms with E-state index in [2.05, 4.69) is 18.2 Å². The van der Waals surface area contributed by atoms with Gasteiger partial charge in [-0.25, -0.2) is 0 Å².